The Labute approximate surface area is 156 Å². The van der Waals surface area contributed by atoms with Crippen molar-refractivity contribution >= 4 is 38.1 Å². The highest BCUT2D eigenvalue weighted by Gasteiger charge is 2.39. The molecule has 1 atom stereocenters. The Morgan fingerprint density at radius 2 is 1.39 bits per heavy atom. The molecule has 0 radical (unpaired) electrons. The Morgan fingerprint density at radius 3 is 2.07 bits per heavy atom. The number of benzene rings is 4. The van der Waals surface area contributed by atoms with Gasteiger partial charge < -0.3 is 25.5 Å². The van der Waals surface area contributed by atoms with Crippen LogP contribution >= 0.6 is 0 Å². The molecule has 0 fully saturated rings. The molecule has 0 saturated carbocycles. The highest BCUT2D eigenvalue weighted by atomic mass is 16.3. The molecular weight excluding hydrogens is 364 g/mol. The first-order valence-electron chi connectivity index (χ1n) is 8.51. The van der Waals surface area contributed by atoms with Crippen LogP contribution in [0.2, 0.25) is 0 Å². The summed E-state index contributed by atoms with van der Waals surface area (Å²) in [5, 5.41) is 53.6. The molecular formula is C21H14O7. The number of rotatable bonds is 0. The fourth-order valence-corrected chi connectivity index (χ4v) is 4.53. The van der Waals surface area contributed by atoms with Crippen molar-refractivity contribution < 1.29 is 25.5 Å². The van der Waals surface area contributed by atoms with Crippen LogP contribution in [0, 0.1) is 6.92 Å². The molecule has 4 aromatic rings. The number of aryl methyl sites for hydroxylation is 1. The Kier molecular flexibility index (Phi) is 2.74. The van der Waals surface area contributed by atoms with Crippen LogP contribution in [0.25, 0.3) is 38.1 Å². The van der Waals surface area contributed by atoms with E-state index in [0.29, 0.717) is 5.56 Å². The zero-order valence-corrected chi connectivity index (χ0v) is 14.8. The van der Waals surface area contributed by atoms with Crippen LogP contribution in [0.4, 0.5) is 0 Å². The summed E-state index contributed by atoms with van der Waals surface area (Å²) < 4.78 is 0. The quantitative estimate of drug-likeness (QED) is 0.230. The number of aromatic hydroxyl groups is 3. The average molecular weight is 378 g/mol. The largest absolute Gasteiger partial charge is 0.508 e. The van der Waals surface area contributed by atoms with Gasteiger partial charge in [0.1, 0.15) is 28.6 Å². The Bertz CT molecular complexity index is 1570. The zero-order valence-electron chi connectivity index (χ0n) is 14.8. The van der Waals surface area contributed by atoms with Crippen LogP contribution in [-0.2, 0) is 5.60 Å². The zero-order chi connectivity index (χ0) is 20.3. The van der Waals surface area contributed by atoms with E-state index in [1.54, 1.807) is 6.92 Å². The number of aliphatic hydroxyl groups excluding tert-OH is 1. The summed E-state index contributed by atoms with van der Waals surface area (Å²) in [5.41, 5.74) is -2.80. The third-order valence-corrected chi connectivity index (χ3v) is 5.76. The normalized spacial score (nSPS) is 18.8. The van der Waals surface area contributed by atoms with Crippen LogP contribution in [-0.4, -0.2) is 25.5 Å². The maximum Gasteiger partial charge on any atom is 0.193 e. The lowest BCUT2D eigenvalue weighted by Gasteiger charge is -2.30. The monoisotopic (exact) mass is 378 g/mol. The van der Waals surface area contributed by atoms with E-state index in [2.05, 4.69) is 0 Å². The van der Waals surface area contributed by atoms with Crippen LogP contribution in [0.5, 0.6) is 17.2 Å². The highest BCUT2D eigenvalue weighted by Crippen LogP contribution is 2.50. The molecule has 5 rings (SSSR count). The fourth-order valence-electron chi connectivity index (χ4n) is 4.53. The van der Waals surface area contributed by atoms with Gasteiger partial charge >= 0.3 is 0 Å². The third kappa shape index (κ3) is 1.59. The van der Waals surface area contributed by atoms with E-state index >= 15 is 0 Å². The van der Waals surface area contributed by atoms with Gasteiger partial charge in [-0.3, -0.25) is 9.59 Å². The maximum absolute atomic E-state index is 12.7. The summed E-state index contributed by atoms with van der Waals surface area (Å²) in [6, 6.07) is 3.34. The Hall–Kier alpha value is -3.58. The van der Waals surface area contributed by atoms with E-state index in [-0.39, 0.29) is 48.8 Å². The molecule has 7 heteroatoms. The van der Waals surface area contributed by atoms with Crippen molar-refractivity contribution in [2.24, 2.45) is 0 Å². The van der Waals surface area contributed by atoms with Crippen molar-refractivity contribution in [1.82, 2.24) is 0 Å². The molecule has 4 aromatic carbocycles. The predicted octanol–water partition coefficient (Wildman–Crippen LogP) is 1.34. The SMILES string of the molecule is Cc1cc(=O)c2c(O)c3c(O)cc(=O)c4c3c3c(cc(O)c1c23)[C@](C)(O)C=4O. The maximum atomic E-state index is 12.7. The molecule has 0 bridgehead atoms. The highest BCUT2D eigenvalue weighted by molar-refractivity contribution is 6.29. The minimum Gasteiger partial charge on any atom is -0.508 e. The lowest BCUT2D eigenvalue weighted by atomic mass is 9.78. The van der Waals surface area contributed by atoms with Crippen LogP contribution < -0.4 is 16.1 Å². The van der Waals surface area contributed by atoms with Crippen LogP contribution in [0.3, 0.4) is 0 Å². The number of hydrogen-bond donors (Lipinski definition) is 5. The van der Waals surface area contributed by atoms with Crippen molar-refractivity contribution in [1.29, 1.82) is 0 Å². The molecule has 0 heterocycles. The summed E-state index contributed by atoms with van der Waals surface area (Å²) in [5.74, 6) is -2.01. The standard InChI is InChI=1S/C21H14O7/c1-6-3-8(22)14-17-12(6)9(23)4-7-13(17)18-15(19(14)26)10(24)5-11(25)16(18)20(27)21(7,2)28/h3-5,23-24,26-28H,1-2H3/t21-/m0/s1. The minimum atomic E-state index is -2.03. The molecule has 0 amide bonds. The summed E-state index contributed by atoms with van der Waals surface area (Å²) >= 11 is 0. The summed E-state index contributed by atoms with van der Waals surface area (Å²) in [6.07, 6.45) is 0. The smallest absolute Gasteiger partial charge is 0.193 e. The fraction of sp³-hybridized carbons (Fsp3) is 0.143. The molecule has 1 aliphatic rings. The number of phenolic OH excluding ortho intramolecular Hbond substituents is 3. The van der Waals surface area contributed by atoms with Gasteiger partial charge in [-0.05, 0) is 36.9 Å². The van der Waals surface area contributed by atoms with Crippen molar-refractivity contribution in [2.45, 2.75) is 19.4 Å². The van der Waals surface area contributed by atoms with E-state index in [1.165, 1.54) is 19.1 Å². The minimum absolute atomic E-state index is 0.0315. The number of hydrogen-bond acceptors (Lipinski definition) is 7. The summed E-state index contributed by atoms with van der Waals surface area (Å²) in [7, 11) is 0. The van der Waals surface area contributed by atoms with Gasteiger partial charge in [0.25, 0.3) is 0 Å². The van der Waals surface area contributed by atoms with Gasteiger partial charge in [-0.1, -0.05) is 0 Å². The second-order valence-corrected chi connectivity index (χ2v) is 7.42. The number of phenols is 3. The van der Waals surface area contributed by atoms with Gasteiger partial charge in [0.15, 0.2) is 10.9 Å². The van der Waals surface area contributed by atoms with Crippen LogP contribution in [0.1, 0.15) is 18.1 Å². The van der Waals surface area contributed by atoms with Crippen molar-refractivity contribution in [3.05, 3.63) is 55.0 Å². The van der Waals surface area contributed by atoms with E-state index < -0.39 is 33.7 Å². The van der Waals surface area contributed by atoms with Gasteiger partial charge in [-0.15, -0.1) is 0 Å². The van der Waals surface area contributed by atoms with Gasteiger partial charge in [0.2, 0.25) is 0 Å². The van der Waals surface area contributed by atoms with E-state index in [1.807, 2.05) is 0 Å². The van der Waals surface area contributed by atoms with Crippen molar-refractivity contribution in [3.8, 4) is 17.2 Å². The molecule has 5 N–H and O–H groups in total. The van der Waals surface area contributed by atoms with Gasteiger partial charge in [-0.25, -0.2) is 0 Å². The molecule has 0 saturated heterocycles. The Morgan fingerprint density at radius 1 is 0.750 bits per heavy atom. The first-order valence-corrected chi connectivity index (χ1v) is 8.51. The van der Waals surface area contributed by atoms with Crippen molar-refractivity contribution in [3.63, 3.8) is 0 Å². The number of aliphatic hydroxyl groups is 2. The molecule has 28 heavy (non-hydrogen) atoms. The topological polar surface area (TPSA) is 135 Å². The Balaban J connectivity index is 2.41. The van der Waals surface area contributed by atoms with Crippen LogP contribution in [0.15, 0.2) is 27.8 Å². The molecule has 0 aliphatic heterocycles. The lowest BCUT2D eigenvalue weighted by Crippen LogP contribution is -2.38. The van der Waals surface area contributed by atoms with Gasteiger partial charge in [0, 0.05) is 27.8 Å². The first-order chi connectivity index (χ1) is 13.1. The molecule has 1 aliphatic carbocycles. The third-order valence-electron chi connectivity index (χ3n) is 5.76. The van der Waals surface area contributed by atoms with E-state index in [0.717, 1.165) is 6.07 Å². The van der Waals surface area contributed by atoms with E-state index in [9.17, 15) is 35.1 Å². The average Bonchev–Trinajstić information content (AvgIpc) is 2.58. The first kappa shape index (κ1) is 16.6. The van der Waals surface area contributed by atoms with Crippen molar-refractivity contribution in [2.75, 3.05) is 0 Å². The molecule has 140 valence electrons. The second-order valence-electron chi connectivity index (χ2n) is 7.42. The molecule has 7 nitrogen and oxygen atoms in total. The molecule has 0 spiro atoms. The lowest BCUT2D eigenvalue weighted by molar-refractivity contribution is 0.0907. The van der Waals surface area contributed by atoms with Gasteiger partial charge in [-0.2, -0.15) is 0 Å². The molecule has 0 unspecified atom stereocenters. The predicted molar refractivity (Wildman–Crippen MR) is 103 cm³/mol. The summed E-state index contributed by atoms with van der Waals surface area (Å²) in [6.45, 7) is 2.88. The summed E-state index contributed by atoms with van der Waals surface area (Å²) in [4.78, 5) is 25.3. The second kappa shape index (κ2) is 4.63. The van der Waals surface area contributed by atoms with Gasteiger partial charge in [0.05, 0.1) is 16.0 Å². The van der Waals surface area contributed by atoms with E-state index in [4.69, 9.17) is 0 Å². The molecule has 0 aromatic heterocycles.